The average molecular weight is 277 g/mol. The van der Waals surface area contributed by atoms with Crippen molar-refractivity contribution < 1.29 is 14.4 Å². The van der Waals surface area contributed by atoms with E-state index in [4.69, 9.17) is 11.6 Å². The van der Waals surface area contributed by atoms with Crippen molar-refractivity contribution in [2.45, 2.75) is 25.9 Å². The highest BCUT2D eigenvalue weighted by Crippen LogP contribution is 2.30. The Bertz CT molecular complexity index is 443. The van der Waals surface area contributed by atoms with Gasteiger partial charge in [0.05, 0.1) is 22.1 Å². The van der Waals surface area contributed by atoms with Crippen LogP contribution in [0.25, 0.3) is 0 Å². The summed E-state index contributed by atoms with van der Waals surface area (Å²) in [5.74, 6) is -0.831. The van der Waals surface area contributed by atoms with Crippen LogP contribution in [0.15, 0.2) is 12.1 Å². The second kappa shape index (κ2) is 6.51. The molecule has 0 aliphatic rings. The maximum atomic E-state index is 13.1. The van der Waals surface area contributed by atoms with Crippen molar-refractivity contribution in [1.29, 1.82) is 0 Å². The van der Waals surface area contributed by atoms with Crippen molar-refractivity contribution in [3.63, 3.8) is 0 Å². The zero-order valence-corrected chi connectivity index (χ0v) is 10.6. The highest BCUT2D eigenvalue weighted by molar-refractivity contribution is 6.31. The first-order valence-electron chi connectivity index (χ1n) is 5.51. The van der Waals surface area contributed by atoms with Gasteiger partial charge in [0, 0.05) is 6.54 Å². The van der Waals surface area contributed by atoms with Crippen molar-refractivity contribution in [3.05, 3.63) is 33.1 Å². The fourth-order valence-corrected chi connectivity index (χ4v) is 1.57. The molecule has 0 aliphatic carbocycles. The Hall–Kier alpha value is -1.40. The molecule has 0 heterocycles. The van der Waals surface area contributed by atoms with E-state index in [1.807, 2.05) is 6.92 Å². The van der Waals surface area contributed by atoms with Crippen LogP contribution in [-0.4, -0.2) is 22.7 Å². The zero-order chi connectivity index (χ0) is 13.7. The minimum atomic E-state index is -0.831. The summed E-state index contributed by atoms with van der Waals surface area (Å²) in [6.45, 7) is 2.18. The summed E-state index contributed by atoms with van der Waals surface area (Å²) in [5.41, 5.74) is -0.224. The predicted molar refractivity (Wildman–Crippen MR) is 67.5 cm³/mol. The second-order valence-corrected chi connectivity index (χ2v) is 4.23. The number of anilines is 1. The van der Waals surface area contributed by atoms with Crippen LogP contribution in [0, 0.1) is 15.9 Å². The zero-order valence-electron chi connectivity index (χ0n) is 9.82. The molecule has 0 aromatic heterocycles. The molecule has 0 saturated carbocycles. The fraction of sp³-hybridized carbons (Fsp3) is 0.455. The number of benzene rings is 1. The summed E-state index contributed by atoms with van der Waals surface area (Å²) in [4.78, 5) is 10.1. The maximum Gasteiger partial charge on any atom is 0.295 e. The topological polar surface area (TPSA) is 75.4 Å². The van der Waals surface area contributed by atoms with Gasteiger partial charge in [-0.15, -0.1) is 0 Å². The van der Waals surface area contributed by atoms with Crippen molar-refractivity contribution in [1.82, 2.24) is 0 Å². The molecule has 100 valence electrons. The molecule has 0 radical (unpaired) electrons. The molecule has 7 heteroatoms. The molecule has 1 atom stereocenters. The number of nitro groups is 1. The molecule has 0 bridgehead atoms. The molecule has 0 saturated heterocycles. The molecule has 1 unspecified atom stereocenters. The van der Waals surface area contributed by atoms with E-state index in [0.717, 1.165) is 6.07 Å². The van der Waals surface area contributed by atoms with Crippen molar-refractivity contribution >= 4 is 23.0 Å². The lowest BCUT2D eigenvalue weighted by atomic mass is 10.2. The van der Waals surface area contributed by atoms with Crippen LogP contribution in [0.2, 0.25) is 5.02 Å². The van der Waals surface area contributed by atoms with Gasteiger partial charge in [-0.3, -0.25) is 10.1 Å². The molecule has 1 aromatic carbocycles. The number of halogens is 2. The smallest absolute Gasteiger partial charge is 0.295 e. The lowest BCUT2D eigenvalue weighted by molar-refractivity contribution is -0.384. The third-order valence-electron chi connectivity index (χ3n) is 2.50. The average Bonchev–Trinajstić information content (AvgIpc) is 2.32. The fourth-order valence-electron chi connectivity index (χ4n) is 1.41. The Morgan fingerprint density at radius 2 is 2.28 bits per heavy atom. The van der Waals surface area contributed by atoms with Crippen LogP contribution in [0.4, 0.5) is 15.8 Å². The van der Waals surface area contributed by atoms with Crippen LogP contribution < -0.4 is 5.32 Å². The SMILES string of the molecule is CCC(O)CCNc1cc(Cl)c(F)cc1[N+](=O)[O-]. The van der Waals surface area contributed by atoms with E-state index in [-0.39, 0.29) is 16.4 Å². The lowest BCUT2D eigenvalue weighted by Gasteiger charge is -2.10. The van der Waals surface area contributed by atoms with E-state index in [9.17, 15) is 19.6 Å². The number of aliphatic hydroxyl groups is 1. The van der Waals surface area contributed by atoms with Crippen LogP contribution in [0.1, 0.15) is 19.8 Å². The number of nitrogens with one attached hydrogen (secondary N) is 1. The van der Waals surface area contributed by atoms with Gasteiger partial charge < -0.3 is 10.4 Å². The van der Waals surface area contributed by atoms with Crippen molar-refractivity contribution in [2.24, 2.45) is 0 Å². The summed E-state index contributed by atoms with van der Waals surface area (Å²) in [6, 6.07) is 1.95. The summed E-state index contributed by atoms with van der Waals surface area (Å²) in [7, 11) is 0. The highest BCUT2D eigenvalue weighted by Gasteiger charge is 2.17. The number of nitro benzene ring substituents is 1. The van der Waals surface area contributed by atoms with Gasteiger partial charge >= 0.3 is 0 Å². The monoisotopic (exact) mass is 276 g/mol. The van der Waals surface area contributed by atoms with Crippen molar-refractivity contribution in [2.75, 3.05) is 11.9 Å². The van der Waals surface area contributed by atoms with Gasteiger partial charge in [-0.05, 0) is 18.9 Å². The largest absolute Gasteiger partial charge is 0.393 e. The summed E-state index contributed by atoms with van der Waals surface area (Å²) < 4.78 is 13.1. The van der Waals surface area contributed by atoms with Gasteiger partial charge in [0.1, 0.15) is 11.5 Å². The van der Waals surface area contributed by atoms with Crippen LogP contribution in [0.3, 0.4) is 0 Å². The Kier molecular flexibility index (Phi) is 5.30. The molecule has 18 heavy (non-hydrogen) atoms. The van der Waals surface area contributed by atoms with Crippen LogP contribution in [-0.2, 0) is 0 Å². The van der Waals surface area contributed by atoms with Gasteiger partial charge in [0.25, 0.3) is 5.69 Å². The highest BCUT2D eigenvalue weighted by atomic mass is 35.5. The van der Waals surface area contributed by atoms with Gasteiger partial charge in [-0.25, -0.2) is 4.39 Å². The molecule has 0 spiro atoms. The number of aliphatic hydroxyl groups excluding tert-OH is 1. The van der Waals surface area contributed by atoms with Gasteiger partial charge in [0.15, 0.2) is 0 Å². The molecular formula is C11H14ClFN2O3. The van der Waals surface area contributed by atoms with E-state index < -0.39 is 16.8 Å². The number of nitrogens with zero attached hydrogens (tertiary/aromatic N) is 1. The molecule has 0 aliphatic heterocycles. The Labute approximate surface area is 109 Å². The quantitative estimate of drug-likeness (QED) is 0.619. The number of rotatable bonds is 6. The number of hydrogen-bond donors (Lipinski definition) is 2. The second-order valence-electron chi connectivity index (χ2n) is 3.82. The van der Waals surface area contributed by atoms with Gasteiger partial charge in [-0.1, -0.05) is 18.5 Å². The molecule has 0 fully saturated rings. The lowest BCUT2D eigenvalue weighted by Crippen LogP contribution is -2.13. The minimum Gasteiger partial charge on any atom is -0.393 e. The van der Waals surface area contributed by atoms with E-state index in [2.05, 4.69) is 5.32 Å². The Morgan fingerprint density at radius 3 is 2.83 bits per heavy atom. The standard InChI is InChI=1S/C11H14ClFN2O3/c1-2-7(16)3-4-14-10-5-8(12)9(13)6-11(10)15(17)18/h5-7,14,16H,2-4H2,1H3. The predicted octanol–water partition coefficient (Wildman–Crippen LogP) is 2.96. The van der Waals surface area contributed by atoms with E-state index >= 15 is 0 Å². The van der Waals surface area contributed by atoms with Crippen LogP contribution >= 0.6 is 11.6 Å². The van der Waals surface area contributed by atoms with Gasteiger partial charge in [-0.2, -0.15) is 0 Å². The first kappa shape index (κ1) is 14.7. The Morgan fingerprint density at radius 1 is 1.61 bits per heavy atom. The third-order valence-corrected chi connectivity index (χ3v) is 2.79. The number of hydrogen-bond acceptors (Lipinski definition) is 4. The molecule has 0 amide bonds. The first-order valence-corrected chi connectivity index (χ1v) is 5.88. The van der Waals surface area contributed by atoms with E-state index in [1.54, 1.807) is 0 Å². The molecule has 1 aromatic rings. The molecule has 5 nitrogen and oxygen atoms in total. The Balaban J connectivity index is 2.80. The molecular weight excluding hydrogens is 263 g/mol. The van der Waals surface area contributed by atoms with E-state index in [0.29, 0.717) is 19.4 Å². The summed E-state index contributed by atoms with van der Waals surface area (Å²) in [5, 5.41) is 22.7. The van der Waals surface area contributed by atoms with Crippen LogP contribution in [0.5, 0.6) is 0 Å². The summed E-state index contributed by atoms with van der Waals surface area (Å²) in [6.07, 6.45) is 0.587. The molecule has 2 N–H and O–H groups in total. The normalized spacial score (nSPS) is 12.2. The van der Waals surface area contributed by atoms with Gasteiger partial charge in [0.2, 0.25) is 0 Å². The third kappa shape index (κ3) is 3.82. The maximum absolute atomic E-state index is 13.1. The van der Waals surface area contributed by atoms with Crippen molar-refractivity contribution in [3.8, 4) is 0 Å². The first-order chi connectivity index (χ1) is 8.45. The van der Waals surface area contributed by atoms with E-state index in [1.165, 1.54) is 6.07 Å². The minimum absolute atomic E-state index is 0.148. The molecule has 1 rings (SSSR count). The summed E-state index contributed by atoms with van der Waals surface area (Å²) >= 11 is 5.57.